The lowest BCUT2D eigenvalue weighted by Crippen LogP contribution is -2.54. The quantitative estimate of drug-likeness (QED) is 0.206. The lowest BCUT2D eigenvalue weighted by atomic mass is 9.95. The average Bonchev–Trinajstić information content (AvgIpc) is 3.16. The van der Waals surface area contributed by atoms with Crippen LogP contribution in [0.15, 0.2) is 0 Å². The third-order valence-corrected chi connectivity index (χ3v) is 7.61. The van der Waals surface area contributed by atoms with Crippen molar-refractivity contribution in [2.45, 2.75) is 64.6 Å². The molecule has 0 spiro atoms. The first-order valence-corrected chi connectivity index (χ1v) is 14.5. The highest BCUT2D eigenvalue weighted by Crippen LogP contribution is 2.31. The van der Waals surface area contributed by atoms with Gasteiger partial charge in [-0.05, 0) is 46.5 Å². The summed E-state index contributed by atoms with van der Waals surface area (Å²) in [5.41, 5.74) is 3.83. The molecule has 0 aromatic carbocycles. The normalized spacial score (nSPS) is 21.5. The molecule has 0 saturated carbocycles. The molecule has 3 aliphatic rings. The molecule has 3 heterocycles. The fourth-order valence-electron chi connectivity index (χ4n) is 4.53. The zero-order valence-corrected chi connectivity index (χ0v) is 24.1. The summed E-state index contributed by atoms with van der Waals surface area (Å²) in [4.78, 5) is 63.8. The molecule has 3 aliphatic heterocycles. The van der Waals surface area contributed by atoms with Crippen LogP contribution in [-0.2, 0) is 47.5 Å². The maximum atomic E-state index is 13.1. The molecule has 3 fully saturated rings. The molecule has 232 valence electrons. The Morgan fingerprint density at radius 2 is 1.73 bits per heavy atom. The van der Waals surface area contributed by atoms with E-state index in [2.05, 4.69) is 10.1 Å². The van der Waals surface area contributed by atoms with Crippen molar-refractivity contribution in [2.24, 2.45) is 11.1 Å². The van der Waals surface area contributed by atoms with E-state index in [4.69, 9.17) is 23.7 Å². The maximum Gasteiger partial charge on any atom is 0.421 e. The highest BCUT2D eigenvalue weighted by Gasteiger charge is 2.50. The van der Waals surface area contributed by atoms with E-state index < -0.39 is 71.3 Å². The van der Waals surface area contributed by atoms with Gasteiger partial charge in [0.15, 0.2) is 0 Å². The van der Waals surface area contributed by atoms with Gasteiger partial charge in [0.2, 0.25) is 12.7 Å². The topological polar surface area (TPSA) is 213 Å². The summed E-state index contributed by atoms with van der Waals surface area (Å²) in [6, 6.07) is -2.50. The zero-order chi connectivity index (χ0) is 30.4. The number of urea groups is 1. The van der Waals surface area contributed by atoms with Crippen molar-refractivity contribution in [2.75, 3.05) is 46.2 Å². The maximum absolute atomic E-state index is 13.1. The fourth-order valence-corrected chi connectivity index (χ4v) is 5.39. The summed E-state index contributed by atoms with van der Waals surface area (Å²) in [6.07, 6.45) is 0.790. The smallest absolute Gasteiger partial charge is 0.421 e. The van der Waals surface area contributed by atoms with Gasteiger partial charge in [-0.25, -0.2) is 13.8 Å². The molecule has 4 amide bonds. The third kappa shape index (κ3) is 8.40. The van der Waals surface area contributed by atoms with Crippen molar-refractivity contribution >= 4 is 40.4 Å². The minimum absolute atomic E-state index is 0.0831. The Labute approximate surface area is 237 Å². The number of likely N-dealkylation sites (tertiary alicyclic amines) is 1. The Morgan fingerprint density at radius 3 is 2.37 bits per heavy atom. The molecule has 2 atom stereocenters. The number of carbonyl (C=O) groups excluding carboxylic acids is 5. The first-order chi connectivity index (χ1) is 19.3. The summed E-state index contributed by atoms with van der Waals surface area (Å²) < 4.78 is 49.1. The number of hydrogen-bond acceptors (Lipinski definition) is 13. The van der Waals surface area contributed by atoms with Crippen LogP contribution in [0.2, 0.25) is 0 Å². The summed E-state index contributed by atoms with van der Waals surface area (Å²) >= 11 is 0. The molecule has 2 bridgehead atoms. The van der Waals surface area contributed by atoms with Crippen LogP contribution in [0.5, 0.6) is 0 Å². The summed E-state index contributed by atoms with van der Waals surface area (Å²) in [6.45, 7) is 3.85. The molecule has 0 radical (unpaired) electrons. The van der Waals surface area contributed by atoms with E-state index in [0.717, 1.165) is 0 Å². The predicted octanol–water partition coefficient (Wildman–Crippen LogP) is -0.786. The van der Waals surface area contributed by atoms with E-state index in [-0.39, 0.29) is 45.2 Å². The number of fused-ring (bicyclic) bond motifs is 2. The molecule has 3 N–H and O–H groups in total. The number of ether oxygens (including phenoxy) is 3. The number of nitrogens with zero attached hydrogens (tertiary/aromatic N) is 3. The van der Waals surface area contributed by atoms with Crippen molar-refractivity contribution in [3.63, 3.8) is 0 Å². The minimum atomic E-state index is -4.71. The number of rotatable bonds is 12. The second kappa shape index (κ2) is 13.6. The van der Waals surface area contributed by atoms with Crippen LogP contribution in [0.3, 0.4) is 0 Å². The molecule has 17 nitrogen and oxygen atoms in total. The van der Waals surface area contributed by atoms with Gasteiger partial charge in [0.05, 0.1) is 31.2 Å². The van der Waals surface area contributed by atoms with Crippen LogP contribution in [0.4, 0.5) is 9.59 Å². The molecule has 0 aliphatic carbocycles. The van der Waals surface area contributed by atoms with E-state index in [0.29, 0.717) is 24.3 Å². The lowest BCUT2D eigenvalue weighted by molar-refractivity contribution is -0.155. The Kier molecular flexibility index (Phi) is 10.7. The Hall–Kier alpha value is -3.22. The second-order valence-electron chi connectivity index (χ2n) is 10.4. The van der Waals surface area contributed by atoms with Crippen molar-refractivity contribution in [3.05, 3.63) is 0 Å². The number of piperidine rings is 2. The first kappa shape index (κ1) is 32.3. The minimum Gasteiger partial charge on any atom is -0.466 e. The van der Waals surface area contributed by atoms with E-state index in [1.165, 1.54) is 23.6 Å². The van der Waals surface area contributed by atoms with Crippen molar-refractivity contribution < 1.29 is 55.1 Å². The SMILES string of the molecule is CCOC(=O)C(C)(C)COS(=O)(=O)ON1C(=O)N2CC1CC[C@H]2C(=O)NC1CCN(C(=O)OCOC(=O)CN)CC1. The Morgan fingerprint density at radius 1 is 1.05 bits per heavy atom. The van der Waals surface area contributed by atoms with Crippen LogP contribution in [-0.4, -0.2) is 118 Å². The number of amides is 4. The molecule has 41 heavy (non-hydrogen) atoms. The van der Waals surface area contributed by atoms with Gasteiger partial charge < -0.3 is 35.1 Å². The van der Waals surface area contributed by atoms with E-state index in [9.17, 15) is 32.4 Å². The molecular formula is C23H37N5O12S. The van der Waals surface area contributed by atoms with Gasteiger partial charge in [-0.3, -0.25) is 14.4 Å². The molecule has 1 unspecified atom stereocenters. The van der Waals surface area contributed by atoms with E-state index in [1.807, 2.05) is 0 Å². The number of esters is 2. The lowest BCUT2D eigenvalue weighted by Gasteiger charge is -2.34. The molecular weight excluding hydrogens is 570 g/mol. The van der Waals surface area contributed by atoms with Gasteiger partial charge in [-0.1, -0.05) is 0 Å². The zero-order valence-electron chi connectivity index (χ0n) is 23.2. The molecule has 3 rings (SSSR count). The molecule has 0 aromatic heterocycles. The van der Waals surface area contributed by atoms with Crippen molar-refractivity contribution in [3.8, 4) is 0 Å². The Bertz CT molecular complexity index is 1110. The number of nitrogens with two attached hydrogens (primary N) is 1. The predicted molar refractivity (Wildman–Crippen MR) is 136 cm³/mol. The van der Waals surface area contributed by atoms with Gasteiger partial charge in [-0.2, -0.15) is 13.5 Å². The summed E-state index contributed by atoms with van der Waals surface area (Å²) in [5.74, 6) is -1.76. The number of hydroxylamine groups is 2. The van der Waals surface area contributed by atoms with Crippen LogP contribution >= 0.6 is 0 Å². The van der Waals surface area contributed by atoms with E-state index in [1.54, 1.807) is 6.92 Å². The van der Waals surface area contributed by atoms with Crippen molar-refractivity contribution in [1.82, 2.24) is 20.2 Å². The van der Waals surface area contributed by atoms with Crippen LogP contribution < -0.4 is 11.1 Å². The highest BCUT2D eigenvalue weighted by molar-refractivity contribution is 7.81. The highest BCUT2D eigenvalue weighted by atomic mass is 32.3. The second-order valence-corrected chi connectivity index (χ2v) is 11.6. The van der Waals surface area contributed by atoms with Gasteiger partial charge in [0.25, 0.3) is 0 Å². The first-order valence-electron chi connectivity index (χ1n) is 13.2. The van der Waals surface area contributed by atoms with Crippen LogP contribution in [0, 0.1) is 5.41 Å². The largest absolute Gasteiger partial charge is 0.466 e. The molecule has 18 heteroatoms. The van der Waals surface area contributed by atoms with Gasteiger partial charge in [0, 0.05) is 25.7 Å². The standard InChI is InChI=1S/C23H37N5O12S/c1-4-36-20(31)23(2,3)13-39-41(34,35)40-28-16-5-6-17(27(12-16)21(28)32)19(30)25-15-7-9-26(10-8-15)22(33)38-14-37-18(29)11-24/h15-17H,4-14,24H2,1-3H3,(H,25,30)/t16?,17-/m0/s1. The van der Waals surface area contributed by atoms with Crippen LogP contribution in [0.1, 0.15) is 46.5 Å². The third-order valence-electron chi connectivity index (χ3n) is 6.86. The Balaban J connectivity index is 1.47. The summed E-state index contributed by atoms with van der Waals surface area (Å²) in [7, 11) is -4.71. The number of nitrogens with one attached hydrogen (secondary N) is 1. The van der Waals surface area contributed by atoms with Gasteiger partial charge in [-0.15, -0.1) is 4.28 Å². The van der Waals surface area contributed by atoms with Crippen LogP contribution in [0.25, 0.3) is 0 Å². The number of hydrogen-bond donors (Lipinski definition) is 2. The summed E-state index contributed by atoms with van der Waals surface area (Å²) in [5, 5.41) is 3.59. The van der Waals surface area contributed by atoms with Gasteiger partial charge in [0.1, 0.15) is 6.04 Å². The molecule has 0 aromatic rings. The van der Waals surface area contributed by atoms with E-state index >= 15 is 0 Å². The monoisotopic (exact) mass is 607 g/mol. The van der Waals surface area contributed by atoms with Crippen molar-refractivity contribution in [1.29, 1.82) is 0 Å². The van der Waals surface area contributed by atoms with Gasteiger partial charge >= 0.3 is 34.5 Å². The fraction of sp³-hybridized carbons (Fsp3) is 0.783. The molecule has 3 saturated heterocycles. The average molecular weight is 608 g/mol. The number of carbonyl (C=O) groups is 5.